The van der Waals surface area contributed by atoms with Crippen molar-refractivity contribution in [3.05, 3.63) is 23.8 Å². The van der Waals surface area contributed by atoms with Crippen LogP contribution in [0.1, 0.15) is 189 Å². The lowest BCUT2D eigenvalue weighted by molar-refractivity contribution is -0.154. The van der Waals surface area contributed by atoms with Crippen LogP contribution in [0.4, 0.5) is 0 Å². The van der Waals surface area contributed by atoms with Crippen molar-refractivity contribution in [3.8, 4) is 0 Å². The molecule has 0 bridgehead atoms. The van der Waals surface area contributed by atoms with Gasteiger partial charge in [0.1, 0.15) is 6.10 Å². The van der Waals surface area contributed by atoms with E-state index < -0.39 is 0 Å². The van der Waals surface area contributed by atoms with E-state index in [4.69, 9.17) is 4.74 Å². The van der Waals surface area contributed by atoms with Crippen LogP contribution in [0.3, 0.4) is 0 Å². The Hall–Kier alpha value is -1.09. The van der Waals surface area contributed by atoms with Gasteiger partial charge in [0.25, 0.3) is 0 Å². The summed E-state index contributed by atoms with van der Waals surface area (Å²) in [5, 5.41) is 11.9. The van der Waals surface area contributed by atoms with Crippen molar-refractivity contribution in [2.24, 2.45) is 46.3 Å². The molecular weight excluding hydrogens is 576 g/mol. The Morgan fingerprint density at radius 1 is 0.894 bits per heavy atom. The first kappa shape index (κ1) is 38.7. The SMILES string of the molecule is C=C(CC[C@@H](C)[C@H]1CC[C@@H]2[C@@H]3CC=C4C[C@@H](OC(=O)CCCCCCCCCCCCCCC)CC[C@]4(C)[C@H]3C[C@@H](O)[C@@]21C)C(C)C. The Morgan fingerprint density at radius 3 is 2.13 bits per heavy atom. The molecule has 0 saturated heterocycles. The largest absolute Gasteiger partial charge is 0.462 e. The zero-order valence-electron chi connectivity index (χ0n) is 31.9. The number of hydrogen-bond donors (Lipinski definition) is 1. The molecule has 0 radical (unpaired) electrons. The fourth-order valence-electron chi connectivity index (χ4n) is 11.1. The van der Waals surface area contributed by atoms with Gasteiger partial charge < -0.3 is 9.84 Å². The van der Waals surface area contributed by atoms with Crippen LogP contribution in [0.5, 0.6) is 0 Å². The van der Waals surface area contributed by atoms with Crippen molar-refractivity contribution in [1.29, 1.82) is 0 Å². The molecule has 3 nitrogen and oxygen atoms in total. The maximum atomic E-state index is 12.8. The van der Waals surface area contributed by atoms with Gasteiger partial charge in [0, 0.05) is 12.8 Å². The Bertz CT molecular complexity index is 1010. The van der Waals surface area contributed by atoms with Gasteiger partial charge in [-0.15, -0.1) is 0 Å². The van der Waals surface area contributed by atoms with Crippen molar-refractivity contribution >= 4 is 5.97 Å². The molecule has 0 aromatic rings. The Kier molecular flexibility index (Phi) is 15.0. The smallest absolute Gasteiger partial charge is 0.306 e. The molecule has 1 N–H and O–H groups in total. The molecule has 270 valence electrons. The third kappa shape index (κ3) is 9.58. The molecule has 4 aliphatic rings. The second-order valence-corrected chi connectivity index (χ2v) is 17.7. The molecule has 0 aromatic carbocycles. The predicted molar refractivity (Wildman–Crippen MR) is 199 cm³/mol. The number of carbonyl (C=O) groups is 1. The Morgan fingerprint density at radius 2 is 1.51 bits per heavy atom. The van der Waals surface area contributed by atoms with Gasteiger partial charge in [-0.05, 0) is 104 Å². The molecule has 9 atom stereocenters. The number of aliphatic hydroxyl groups excluding tert-OH is 1. The maximum Gasteiger partial charge on any atom is 0.306 e. The number of unbranched alkanes of at least 4 members (excludes halogenated alkanes) is 12. The first-order valence-electron chi connectivity index (χ1n) is 20.8. The first-order valence-corrected chi connectivity index (χ1v) is 20.8. The van der Waals surface area contributed by atoms with Crippen LogP contribution in [0.15, 0.2) is 23.8 Å². The highest BCUT2D eigenvalue weighted by molar-refractivity contribution is 5.69. The highest BCUT2D eigenvalue weighted by Crippen LogP contribution is 2.67. The molecule has 0 aliphatic heterocycles. The molecule has 3 saturated carbocycles. The fourth-order valence-corrected chi connectivity index (χ4v) is 11.1. The van der Waals surface area contributed by atoms with Crippen LogP contribution in [0.25, 0.3) is 0 Å². The number of esters is 1. The minimum absolute atomic E-state index is 0.0166. The normalized spacial score (nSPS) is 33.9. The number of aliphatic hydroxyl groups is 1. The average Bonchev–Trinajstić information content (AvgIpc) is 3.41. The summed E-state index contributed by atoms with van der Waals surface area (Å²) in [4.78, 5) is 12.8. The predicted octanol–water partition coefficient (Wildman–Crippen LogP) is 12.6. The van der Waals surface area contributed by atoms with Crippen LogP contribution < -0.4 is 0 Å². The van der Waals surface area contributed by atoms with Gasteiger partial charge in [-0.3, -0.25) is 4.79 Å². The highest BCUT2D eigenvalue weighted by Gasteiger charge is 2.62. The number of ether oxygens (including phenoxy) is 1. The number of carbonyl (C=O) groups excluding carboxylic acids is 1. The van der Waals surface area contributed by atoms with Crippen molar-refractivity contribution < 1.29 is 14.6 Å². The molecular formula is C44H76O3. The minimum atomic E-state index is -0.218. The standard InChI is InChI=1S/C44H76O3/c1-8-9-10-11-12-13-14-15-16-17-18-19-20-21-42(46)47-36-28-29-43(6)35(30-36)24-25-37-39-27-26-38(34(5)23-22-33(4)32(2)3)44(39,7)41(45)31-40(37)43/h24,32,34,36-41,45H,4,8-23,25-31H2,1-3,5-7H3/t34-,36+,37+,38-,39-,40+,41-,43+,44-/m1/s1. The molecule has 47 heavy (non-hydrogen) atoms. The Balaban J connectivity index is 1.18. The molecule has 4 rings (SSSR count). The van der Waals surface area contributed by atoms with E-state index >= 15 is 0 Å². The summed E-state index contributed by atoms with van der Waals surface area (Å²) in [5.74, 6) is 3.64. The Labute approximate surface area is 291 Å². The molecule has 0 spiro atoms. The molecule has 4 aliphatic carbocycles. The van der Waals surface area contributed by atoms with E-state index in [-0.39, 0.29) is 29.0 Å². The zero-order valence-corrected chi connectivity index (χ0v) is 31.9. The van der Waals surface area contributed by atoms with Gasteiger partial charge in [0.15, 0.2) is 0 Å². The van der Waals surface area contributed by atoms with Crippen molar-refractivity contribution in [1.82, 2.24) is 0 Å². The molecule has 0 unspecified atom stereocenters. The van der Waals surface area contributed by atoms with Crippen LogP contribution in [0, 0.1) is 46.3 Å². The van der Waals surface area contributed by atoms with Crippen LogP contribution in [0.2, 0.25) is 0 Å². The third-order valence-corrected chi connectivity index (χ3v) is 14.4. The molecule has 0 aromatic heterocycles. The number of rotatable bonds is 20. The van der Waals surface area contributed by atoms with Crippen LogP contribution >= 0.6 is 0 Å². The second-order valence-electron chi connectivity index (χ2n) is 17.7. The van der Waals surface area contributed by atoms with E-state index in [9.17, 15) is 9.90 Å². The summed E-state index contributed by atoms with van der Waals surface area (Å²) in [5.41, 5.74) is 3.07. The summed E-state index contributed by atoms with van der Waals surface area (Å²) < 4.78 is 6.09. The fraction of sp³-hybridized carbons (Fsp3) is 0.886. The maximum absolute atomic E-state index is 12.8. The minimum Gasteiger partial charge on any atom is -0.462 e. The number of allylic oxidation sites excluding steroid dienone is 2. The summed E-state index contributed by atoms with van der Waals surface area (Å²) in [7, 11) is 0. The van der Waals surface area contributed by atoms with Crippen molar-refractivity contribution in [2.75, 3.05) is 0 Å². The third-order valence-electron chi connectivity index (χ3n) is 14.4. The number of hydrogen-bond acceptors (Lipinski definition) is 3. The topological polar surface area (TPSA) is 46.5 Å². The average molecular weight is 653 g/mol. The van der Waals surface area contributed by atoms with E-state index in [0.29, 0.717) is 41.9 Å². The van der Waals surface area contributed by atoms with E-state index in [1.54, 1.807) is 0 Å². The second kappa shape index (κ2) is 18.2. The number of fused-ring (bicyclic) bond motifs is 5. The highest BCUT2D eigenvalue weighted by atomic mass is 16.5. The van der Waals surface area contributed by atoms with Crippen LogP contribution in [-0.4, -0.2) is 23.3 Å². The summed E-state index contributed by atoms with van der Waals surface area (Å²) in [6, 6.07) is 0. The van der Waals surface area contributed by atoms with Gasteiger partial charge in [-0.2, -0.15) is 0 Å². The van der Waals surface area contributed by atoms with Gasteiger partial charge in [-0.25, -0.2) is 0 Å². The molecule has 0 amide bonds. The van der Waals surface area contributed by atoms with E-state index in [2.05, 4.69) is 54.2 Å². The lowest BCUT2D eigenvalue weighted by Crippen LogP contribution is -2.56. The molecule has 3 heteroatoms. The molecule has 0 heterocycles. The van der Waals surface area contributed by atoms with Crippen molar-refractivity contribution in [2.45, 2.75) is 201 Å². The molecule has 3 fully saturated rings. The summed E-state index contributed by atoms with van der Waals surface area (Å²) in [6.45, 7) is 18.5. The van der Waals surface area contributed by atoms with Crippen LogP contribution in [-0.2, 0) is 9.53 Å². The van der Waals surface area contributed by atoms with Gasteiger partial charge in [0.2, 0.25) is 0 Å². The van der Waals surface area contributed by atoms with Gasteiger partial charge in [0.05, 0.1) is 6.10 Å². The van der Waals surface area contributed by atoms with E-state index in [0.717, 1.165) is 51.4 Å². The van der Waals surface area contributed by atoms with E-state index in [1.807, 2.05) is 0 Å². The first-order chi connectivity index (χ1) is 22.5. The monoisotopic (exact) mass is 653 g/mol. The lowest BCUT2D eigenvalue weighted by atomic mass is 9.46. The van der Waals surface area contributed by atoms with Gasteiger partial charge >= 0.3 is 5.97 Å². The van der Waals surface area contributed by atoms with Crippen molar-refractivity contribution in [3.63, 3.8) is 0 Å². The quantitative estimate of drug-likeness (QED) is 0.0808. The van der Waals surface area contributed by atoms with Gasteiger partial charge in [-0.1, -0.05) is 142 Å². The summed E-state index contributed by atoms with van der Waals surface area (Å²) in [6.07, 6.45) is 30.1. The lowest BCUT2D eigenvalue weighted by Gasteiger charge is -2.60. The van der Waals surface area contributed by atoms with E-state index in [1.165, 1.54) is 101 Å². The zero-order chi connectivity index (χ0) is 34.0. The summed E-state index contributed by atoms with van der Waals surface area (Å²) >= 11 is 0.